The van der Waals surface area contributed by atoms with Gasteiger partial charge in [0.2, 0.25) is 17.6 Å². The van der Waals surface area contributed by atoms with Crippen LogP contribution in [0.3, 0.4) is 0 Å². The number of fused-ring (bicyclic) bond motifs is 1. The van der Waals surface area contributed by atoms with Crippen LogP contribution < -0.4 is 21.7 Å². The second kappa shape index (κ2) is 12.9. The molecule has 0 aromatic heterocycles. The third-order valence-corrected chi connectivity index (χ3v) is 10.7. The molecule has 0 bridgehead atoms. The smallest absolute Gasteiger partial charge is 0.332 e. The Morgan fingerprint density at radius 2 is 1.64 bits per heavy atom. The maximum absolute atomic E-state index is 14.3. The highest BCUT2D eigenvalue weighted by atomic mass is 16.5. The van der Waals surface area contributed by atoms with Gasteiger partial charge in [0.1, 0.15) is 24.2 Å². The molecule has 2 unspecified atom stereocenters. The second-order valence-corrected chi connectivity index (χ2v) is 15.6. The molecule has 1 aliphatic heterocycles. The predicted molar refractivity (Wildman–Crippen MR) is 172 cm³/mol. The maximum Gasteiger partial charge on any atom is 0.332 e. The van der Waals surface area contributed by atoms with Gasteiger partial charge in [-0.05, 0) is 53.4 Å². The topological polar surface area (TPSA) is 177 Å². The number of urea groups is 1. The normalized spacial score (nSPS) is 25.1. The van der Waals surface area contributed by atoms with Crippen molar-refractivity contribution >= 4 is 35.5 Å². The maximum atomic E-state index is 14.3. The van der Waals surface area contributed by atoms with Crippen LogP contribution in [-0.2, 0) is 35.3 Å². The van der Waals surface area contributed by atoms with Gasteiger partial charge in [-0.1, -0.05) is 90.6 Å². The largest absolute Gasteiger partial charge is 0.459 e. The Balaban J connectivity index is 1.30. The first-order valence-electron chi connectivity index (χ1n) is 16.8. The molecule has 3 aliphatic carbocycles. The van der Waals surface area contributed by atoms with E-state index in [1.807, 2.05) is 65.0 Å². The number of benzene rings is 1. The number of primary amides is 1. The highest BCUT2D eigenvalue weighted by Crippen LogP contribution is 2.65. The van der Waals surface area contributed by atoms with E-state index in [0.29, 0.717) is 25.8 Å². The molecule has 5 atom stereocenters. The van der Waals surface area contributed by atoms with Gasteiger partial charge in [0.15, 0.2) is 0 Å². The first-order valence-corrected chi connectivity index (χ1v) is 16.8. The molecule has 3 saturated carbocycles. The Labute approximate surface area is 276 Å². The van der Waals surface area contributed by atoms with Gasteiger partial charge in [-0.25, -0.2) is 9.59 Å². The van der Waals surface area contributed by atoms with E-state index in [9.17, 15) is 28.8 Å². The standard InChI is InChI=1S/C35H49N5O7/c1-33(2,3)27(38-32(46)39-35(15-9-10-16-35)31(45)47-19-21-11-7-6-8-12-21)30(44)40-18-22-24(34(22,4)5)25(40)29(43)37-23(17-20-13-14-20)26(41)28(36)42/h6-8,11-12,20,22-25,27H,9-10,13-19H2,1-5H3,(H2,36,42)(H,37,43)(H2,38,39,46)/t22?,23?,24-,25-,27+/m0/s1. The number of hydrogen-bond acceptors (Lipinski definition) is 7. The van der Waals surface area contributed by atoms with Crippen molar-refractivity contribution in [1.82, 2.24) is 20.9 Å². The van der Waals surface area contributed by atoms with Crippen molar-refractivity contribution in [2.75, 3.05) is 6.54 Å². The van der Waals surface area contributed by atoms with Gasteiger partial charge >= 0.3 is 12.0 Å². The number of nitrogens with zero attached hydrogens (tertiary/aromatic N) is 1. The number of rotatable bonds is 12. The molecule has 0 radical (unpaired) electrons. The number of nitrogens with one attached hydrogen (secondary N) is 3. The number of esters is 1. The van der Waals surface area contributed by atoms with Crippen molar-refractivity contribution in [1.29, 1.82) is 0 Å². The fourth-order valence-corrected chi connectivity index (χ4v) is 7.58. The minimum absolute atomic E-state index is 0.0616. The summed E-state index contributed by atoms with van der Waals surface area (Å²) in [6.07, 6.45) is 4.47. The summed E-state index contributed by atoms with van der Waals surface area (Å²) in [5.41, 5.74) is 3.96. The van der Waals surface area contributed by atoms with Gasteiger partial charge < -0.3 is 31.3 Å². The molecule has 1 aromatic rings. The lowest BCUT2D eigenvalue weighted by Gasteiger charge is -2.38. The summed E-state index contributed by atoms with van der Waals surface area (Å²) in [6, 6.07) is 5.67. The van der Waals surface area contributed by atoms with Crippen molar-refractivity contribution in [2.45, 2.75) is 110 Å². The molecule has 12 nitrogen and oxygen atoms in total. The molecule has 12 heteroatoms. The molecule has 1 aromatic carbocycles. The second-order valence-electron chi connectivity index (χ2n) is 15.6. The monoisotopic (exact) mass is 651 g/mol. The number of Topliss-reactive ketones (excluding diaryl/α,β-unsaturated/α-hetero) is 1. The fourth-order valence-electron chi connectivity index (χ4n) is 7.58. The molecule has 4 aliphatic rings. The van der Waals surface area contributed by atoms with Crippen molar-refractivity contribution in [3.63, 3.8) is 0 Å². The number of carbonyl (C=O) groups excluding carboxylic acids is 6. The van der Waals surface area contributed by atoms with Crippen molar-refractivity contribution in [3.05, 3.63) is 35.9 Å². The lowest BCUT2D eigenvalue weighted by molar-refractivity contribution is -0.152. The summed E-state index contributed by atoms with van der Waals surface area (Å²) in [5.74, 6) is -3.24. The summed E-state index contributed by atoms with van der Waals surface area (Å²) >= 11 is 0. The number of nitrogens with two attached hydrogens (primary N) is 1. The SMILES string of the molecule is CC(C)(C)[C@H](NC(=O)NC1(C(=O)OCc2ccccc2)CCCC1)C(=O)N1CC2[C@@H]([C@H]1C(=O)NC(CC1CC1)C(=O)C(N)=O)C2(C)C. The van der Waals surface area contributed by atoms with Crippen LogP contribution in [0.25, 0.3) is 0 Å². The highest BCUT2D eigenvalue weighted by Gasteiger charge is 2.70. The molecule has 0 spiro atoms. The summed E-state index contributed by atoms with van der Waals surface area (Å²) in [7, 11) is 0. The molecule has 5 amide bonds. The molecule has 5 rings (SSSR count). The summed E-state index contributed by atoms with van der Waals surface area (Å²) < 4.78 is 5.63. The van der Waals surface area contributed by atoms with Crippen molar-refractivity contribution in [2.24, 2.45) is 34.3 Å². The number of likely N-dealkylation sites (tertiary alicyclic amines) is 1. The lowest BCUT2D eigenvalue weighted by atomic mass is 9.85. The Morgan fingerprint density at radius 1 is 1.00 bits per heavy atom. The number of hydrogen-bond donors (Lipinski definition) is 4. The van der Waals surface area contributed by atoms with E-state index in [0.717, 1.165) is 31.2 Å². The molecule has 256 valence electrons. The zero-order valence-corrected chi connectivity index (χ0v) is 28.1. The van der Waals surface area contributed by atoms with E-state index < -0.39 is 64.6 Å². The third-order valence-electron chi connectivity index (χ3n) is 10.7. The van der Waals surface area contributed by atoms with Crippen LogP contribution in [0.4, 0.5) is 4.79 Å². The third kappa shape index (κ3) is 7.31. The summed E-state index contributed by atoms with van der Waals surface area (Å²) in [5, 5.41) is 8.46. The number of carbonyl (C=O) groups is 6. The molecular formula is C35H49N5O7. The first-order chi connectivity index (χ1) is 22.0. The lowest BCUT2D eigenvalue weighted by Crippen LogP contribution is -2.63. The van der Waals surface area contributed by atoms with Crippen molar-refractivity contribution in [3.8, 4) is 0 Å². The van der Waals surface area contributed by atoms with Gasteiger partial charge in [-0.2, -0.15) is 0 Å². The number of piperidine rings is 1. The van der Waals surface area contributed by atoms with Gasteiger partial charge in [-0.15, -0.1) is 0 Å². The van der Waals surface area contributed by atoms with Gasteiger partial charge in [0.05, 0.1) is 6.04 Å². The van der Waals surface area contributed by atoms with Crippen LogP contribution in [0.2, 0.25) is 0 Å². The number of ketones is 1. The van der Waals surface area contributed by atoms with Crippen LogP contribution in [-0.4, -0.2) is 70.6 Å². The van der Waals surface area contributed by atoms with Gasteiger partial charge in [0.25, 0.3) is 5.91 Å². The Hall–Kier alpha value is -3.96. The Bertz CT molecular complexity index is 1410. The van der Waals surface area contributed by atoms with Crippen LogP contribution in [0.1, 0.15) is 85.1 Å². The van der Waals surface area contributed by atoms with Gasteiger partial charge in [0, 0.05) is 6.54 Å². The average Bonchev–Trinajstić information content (AvgIpc) is 3.75. The van der Waals surface area contributed by atoms with Crippen LogP contribution in [0.5, 0.6) is 0 Å². The number of ether oxygens (including phenoxy) is 1. The zero-order valence-electron chi connectivity index (χ0n) is 28.1. The quantitative estimate of drug-likeness (QED) is 0.198. The van der Waals surface area contributed by atoms with E-state index in [1.54, 1.807) is 0 Å². The molecule has 5 N–H and O–H groups in total. The predicted octanol–water partition coefficient (Wildman–Crippen LogP) is 2.58. The summed E-state index contributed by atoms with van der Waals surface area (Å²) in [6.45, 7) is 9.96. The van der Waals surface area contributed by atoms with Crippen molar-refractivity contribution < 1.29 is 33.5 Å². The Kier molecular flexibility index (Phi) is 9.45. The van der Waals surface area contributed by atoms with E-state index in [-0.39, 0.29) is 29.8 Å². The minimum atomic E-state index is -1.21. The molecule has 47 heavy (non-hydrogen) atoms. The van der Waals surface area contributed by atoms with E-state index in [1.165, 1.54) is 4.90 Å². The molecule has 1 heterocycles. The zero-order chi connectivity index (χ0) is 34.3. The minimum Gasteiger partial charge on any atom is -0.459 e. The average molecular weight is 652 g/mol. The highest BCUT2D eigenvalue weighted by molar-refractivity contribution is 6.37. The van der Waals surface area contributed by atoms with E-state index >= 15 is 0 Å². The van der Waals surface area contributed by atoms with Crippen LogP contribution in [0, 0.1) is 28.6 Å². The van der Waals surface area contributed by atoms with E-state index in [2.05, 4.69) is 16.0 Å². The molecule has 1 saturated heterocycles. The first kappa shape index (κ1) is 34.4. The molecule has 4 fully saturated rings. The summed E-state index contributed by atoms with van der Waals surface area (Å²) in [4.78, 5) is 81.0. The number of amides is 5. The van der Waals surface area contributed by atoms with E-state index in [4.69, 9.17) is 10.5 Å². The fraction of sp³-hybridized carbons (Fsp3) is 0.657. The van der Waals surface area contributed by atoms with Gasteiger partial charge in [-0.3, -0.25) is 19.2 Å². The Morgan fingerprint density at radius 3 is 2.21 bits per heavy atom. The van der Waals surface area contributed by atoms with Crippen LogP contribution >= 0.6 is 0 Å². The molecular weight excluding hydrogens is 602 g/mol. The van der Waals surface area contributed by atoms with Crippen LogP contribution in [0.15, 0.2) is 30.3 Å².